The van der Waals surface area contributed by atoms with Gasteiger partial charge in [0.05, 0.1) is 10.9 Å². The van der Waals surface area contributed by atoms with Crippen LogP contribution in [-0.2, 0) is 14.6 Å². The van der Waals surface area contributed by atoms with Gasteiger partial charge < -0.3 is 10.1 Å². The van der Waals surface area contributed by atoms with Crippen molar-refractivity contribution >= 4 is 15.7 Å². The Bertz CT molecular complexity index is 889. The lowest BCUT2D eigenvalue weighted by Gasteiger charge is -2.20. The van der Waals surface area contributed by atoms with E-state index in [0.717, 1.165) is 16.7 Å². The maximum atomic E-state index is 12.4. The Labute approximate surface area is 155 Å². The van der Waals surface area contributed by atoms with Crippen molar-refractivity contribution in [2.45, 2.75) is 44.7 Å². The zero-order chi connectivity index (χ0) is 19.5. The molecule has 2 atom stereocenters. The lowest BCUT2D eigenvalue weighted by Crippen LogP contribution is -2.37. The van der Waals surface area contributed by atoms with E-state index in [1.54, 1.807) is 31.2 Å². The van der Waals surface area contributed by atoms with Crippen molar-refractivity contribution in [2.24, 2.45) is 0 Å². The fraction of sp³-hybridized carbons (Fsp3) is 0.350. The number of sulfone groups is 1. The number of aryl methyl sites for hydroxylation is 1. The largest absolute Gasteiger partial charge is 0.481 e. The number of benzene rings is 2. The molecule has 0 saturated heterocycles. The molecular formula is C20H25NO4S. The van der Waals surface area contributed by atoms with E-state index in [9.17, 15) is 13.2 Å². The predicted octanol–water partition coefficient (Wildman–Crippen LogP) is 3.35. The van der Waals surface area contributed by atoms with Crippen LogP contribution in [0.25, 0.3) is 0 Å². The molecule has 0 saturated carbocycles. The van der Waals surface area contributed by atoms with E-state index in [-0.39, 0.29) is 16.8 Å². The SMILES string of the molecule is Cc1cccc(O[C@@H](C)C(=O)N[C@H](C)c2ccc(S(C)(=O)=O)cc2)c1C. The Hall–Kier alpha value is -2.34. The molecule has 0 unspecified atom stereocenters. The smallest absolute Gasteiger partial charge is 0.261 e. The van der Waals surface area contributed by atoms with Gasteiger partial charge in [-0.3, -0.25) is 4.79 Å². The van der Waals surface area contributed by atoms with Crippen LogP contribution in [0.2, 0.25) is 0 Å². The quantitative estimate of drug-likeness (QED) is 0.840. The second-order valence-corrected chi connectivity index (χ2v) is 8.55. The monoisotopic (exact) mass is 375 g/mol. The summed E-state index contributed by atoms with van der Waals surface area (Å²) >= 11 is 0. The molecule has 0 radical (unpaired) electrons. The predicted molar refractivity (Wildman–Crippen MR) is 102 cm³/mol. The fourth-order valence-corrected chi connectivity index (χ4v) is 3.14. The van der Waals surface area contributed by atoms with E-state index in [1.807, 2.05) is 39.0 Å². The van der Waals surface area contributed by atoms with Gasteiger partial charge in [-0.15, -0.1) is 0 Å². The van der Waals surface area contributed by atoms with Crippen LogP contribution < -0.4 is 10.1 Å². The molecule has 0 aliphatic heterocycles. The third-order valence-corrected chi connectivity index (χ3v) is 5.52. The van der Waals surface area contributed by atoms with Crippen molar-refractivity contribution < 1.29 is 17.9 Å². The highest BCUT2D eigenvalue weighted by atomic mass is 32.2. The summed E-state index contributed by atoms with van der Waals surface area (Å²) in [6.45, 7) is 7.50. The Morgan fingerprint density at radius 2 is 1.65 bits per heavy atom. The van der Waals surface area contributed by atoms with Crippen molar-refractivity contribution in [2.75, 3.05) is 6.26 Å². The molecule has 5 nitrogen and oxygen atoms in total. The average molecular weight is 375 g/mol. The van der Waals surface area contributed by atoms with Gasteiger partial charge in [0.15, 0.2) is 15.9 Å². The second kappa shape index (κ2) is 7.91. The third-order valence-electron chi connectivity index (χ3n) is 4.39. The first kappa shape index (κ1) is 20.0. The van der Waals surface area contributed by atoms with Crippen molar-refractivity contribution in [3.63, 3.8) is 0 Å². The summed E-state index contributed by atoms with van der Waals surface area (Å²) in [6, 6.07) is 12.0. The van der Waals surface area contributed by atoms with Gasteiger partial charge in [-0.05, 0) is 62.6 Å². The molecule has 26 heavy (non-hydrogen) atoms. The van der Waals surface area contributed by atoms with E-state index in [4.69, 9.17) is 4.74 Å². The van der Waals surface area contributed by atoms with Crippen LogP contribution in [0.5, 0.6) is 5.75 Å². The van der Waals surface area contributed by atoms with Crippen LogP contribution in [0.4, 0.5) is 0 Å². The maximum Gasteiger partial charge on any atom is 0.261 e. The highest BCUT2D eigenvalue weighted by molar-refractivity contribution is 7.90. The van der Waals surface area contributed by atoms with Gasteiger partial charge in [-0.25, -0.2) is 8.42 Å². The van der Waals surface area contributed by atoms with E-state index < -0.39 is 15.9 Å². The summed E-state index contributed by atoms with van der Waals surface area (Å²) in [7, 11) is -3.23. The summed E-state index contributed by atoms with van der Waals surface area (Å²) in [4.78, 5) is 12.7. The van der Waals surface area contributed by atoms with Crippen LogP contribution >= 0.6 is 0 Å². The third kappa shape index (κ3) is 4.85. The summed E-state index contributed by atoms with van der Waals surface area (Å²) in [6.07, 6.45) is 0.521. The molecule has 0 fully saturated rings. The number of carbonyl (C=O) groups excluding carboxylic acids is 1. The zero-order valence-corrected chi connectivity index (χ0v) is 16.6. The molecule has 0 spiro atoms. The molecule has 1 amide bonds. The van der Waals surface area contributed by atoms with Crippen molar-refractivity contribution in [3.05, 3.63) is 59.2 Å². The molecule has 2 aromatic rings. The molecular weight excluding hydrogens is 350 g/mol. The zero-order valence-electron chi connectivity index (χ0n) is 15.7. The number of amides is 1. The second-order valence-electron chi connectivity index (χ2n) is 6.53. The maximum absolute atomic E-state index is 12.4. The highest BCUT2D eigenvalue weighted by Crippen LogP contribution is 2.22. The van der Waals surface area contributed by atoms with Crippen LogP contribution in [0.1, 0.15) is 36.6 Å². The van der Waals surface area contributed by atoms with E-state index in [0.29, 0.717) is 5.75 Å². The molecule has 0 bridgehead atoms. The van der Waals surface area contributed by atoms with E-state index in [2.05, 4.69) is 5.32 Å². The minimum Gasteiger partial charge on any atom is -0.481 e. The summed E-state index contributed by atoms with van der Waals surface area (Å²) in [5.41, 5.74) is 2.94. The lowest BCUT2D eigenvalue weighted by atomic mass is 10.1. The Balaban J connectivity index is 2.03. The molecule has 0 aliphatic carbocycles. The molecule has 6 heteroatoms. The van der Waals surface area contributed by atoms with Crippen LogP contribution in [0.15, 0.2) is 47.4 Å². The standard InChI is InChI=1S/C20H25NO4S/c1-13-7-6-8-19(14(13)2)25-16(4)20(22)21-15(3)17-9-11-18(12-10-17)26(5,23)24/h6-12,15-16H,1-5H3,(H,21,22)/t15-,16+/m1/s1. The van der Waals surface area contributed by atoms with Gasteiger partial charge in [0.25, 0.3) is 5.91 Å². The Morgan fingerprint density at radius 1 is 1.04 bits per heavy atom. The molecule has 0 heterocycles. The summed E-state index contributed by atoms with van der Waals surface area (Å²) in [5, 5.41) is 2.90. The average Bonchev–Trinajstić information content (AvgIpc) is 2.58. The first-order valence-corrected chi connectivity index (χ1v) is 10.3. The van der Waals surface area contributed by atoms with E-state index >= 15 is 0 Å². The van der Waals surface area contributed by atoms with Crippen molar-refractivity contribution in [1.29, 1.82) is 0 Å². The minimum atomic E-state index is -3.23. The number of nitrogens with one attached hydrogen (secondary N) is 1. The minimum absolute atomic E-state index is 0.231. The molecule has 1 N–H and O–H groups in total. The van der Waals surface area contributed by atoms with Crippen LogP contribution in [0.3, 0.4) is 0 Å². The summed E-state index contributed by atoms with van der Waals surface area (Å²) < 4.78 is 28.8. The van der Waals surface area contributed by atoms with Crippen molar-refractivity contribution in [1.82, 2.24) is 5.32 Å². The lowest BCUT2D eigenvalue weighted by molar-refractivity contribution is -0.127. The van der Waals surface area contributed by atoms with Crippen LogP contribution in [0, 0.1) is 13.8 Å². The van der Waals surface area contributed by atoms with Crippen molar-refractivity contribution in [3.8, 4) is 5.75 Å². The van der Waals surface area contributed by atoms with Gasteiger partial charge in [0.2, 0.25) is 0 Å². The number of ether oxygens (including phenoxy) is 1. The molecule has 2 rings (SSSR count). The molecule has 0 aliphatic rings. The molecule has 140 valence electrons. The molecule has 0 aromatic heterocycles. The van der Waals surface area contributed by atoms with Gasteiger partial charge >= 0.3 is 0 Å². The number of hydrogen-bond donors (Lipinski definition) is 1. The normalized spacial score (nSPS) is 13.7. The topological polar surface area (TPSA) is 72.5 Å². The number of hydrogen-bond acceptors (Lipinski definition) is 4. The van der Waals surface area contributed by atoms with Gasteiger partial charge in [0, 0.05) is 6.26 Å². The van der Waals surface area contributed by atoms with Gasteiger partial charge in [-0.2, -0.15) is 0 Å². The first-order chi connectivity index (χ1) is 12.1. The number of rotatable bonds is 6. The first-order valence-electron chi connectivity index (χ1n) is 8.43. The summed E-state index contributed by atoms with van der Waals surface area (Å²) in [5.74, 6) is 0.461. The van der Waals surface area contributed by atoms with E-state index in [1.165, 1.54) is 6.26 Å². The fourth-order valence-electron chi connectivity index (χ4n) is 2.51. The van der Waals surface area contributed by atoms with Gasteiger partial charge in [-0.1, -0.05) is 24.3 Å². The van der Waals surface area contributed by atoms with Crippen LogP contribution in [-0.4, -0.2) is 26.7 Å². The Kier molecular flexibility index (Phi) is 6.08. The van der Waals surface area contributed by atoms with Gasteiger partial charge in [0.1, 0.15) is 5.75 Å². The highest BCUT2D eigenvalue weighted by Gasteiger charge is 2.19. The Morgan fingerprint density at radius 3 is 2.23 bits per heavy atom. The molecule has 2 aromatic carbocycles. The number of carbonyl (C=O) groups is 1.